The number of phenolic OH excluding ortho intramolecular Hbond substituents is 1. The van der Waals surface area contributed by atoms with Crippen LogP contribution in [0.4, 0.5) is 0 Å². The quantitative estimate of drug-likeness (QED) is 0.817. The first-order valence-corrected chi connectivity index (χ1v) is 7.81. The summed E-state index contributed by atoms with van der Waals surface area (Å²) in [4.78, 5) is 0. The lowest BCUT2D eigenvalue weighted by atomic mass is 10.0. The second-order valence-corrected chi connectivity index (χ2v) is 8.06. The molecule has 0 amide bonds. The van der Waals surface area contributed by atoms with E-state index < -0.39 is 11.4 Å². The van der Waals surface area contributed by atoms with Gasteiger partial charge in [-0.25, -0.2) is 0 Å². The zero-order chi connectivity index (χ0) is 14.6. The molecule has 0 radical (unpaired) electrons. The molecule has 1 aromatic carbocycles. The summed E-state index contributed by atoms with van der Waals surface area (Å²) in [6, 6.07) is 5.88. The highest BCUT2D eigenvalue weighted by atomic mass is 32.2. The van der Waals surface area contributed by atoms with Crippen LogP contribution in [0.5, 0.6) is 5.75 Å². The van der Waals surface area contributed by atoms with E-state index in [1.165, 1.54) is 5.56 Å². The van der Waals surface area contributed by atoms with Gasteiger partial charge < -0.3 is 9.66 Å². The van der Waals surface area contributed by atoms with Crippen molar-refractivity contribution >= 4 is 11.4 Å². The summed E-state index contributed by atoms with van der Waals surface area (Å²) in [7, 11) is 0. The summed E-state index contributed by atoms with van der Waals surface area (Å²) in [5, 5.41) is 9.48. The van der Waals surface area contributed by atoms with E-state index in [0.29, 0.717) is 5.75 Å². The zero-order valence-corrected chi connectivity index (χ0v) is 13.3. The van der Waals surface area contributed by atoms with Gasteiger partial charge in [0.25, 0.3) is 0 Å². The minimum absolute atomic E-state index is 0.203. The Morgan fingerprint density at radius 3 is 2.53 bits per heavy atom. The third kappa shape index (κ3) is 5.43. The van der Waals surface area contributed by atoms with Crippen molar-refractivity contribution < 1.29 is 9.66 Å². The van der Waals surface area contributed by atoms with Crippen LogP contribution < -0.4 is 4.72 Å². The minimum atomic E-state index is -1.02. The Morgan fingerprint density at radius 2 is 2.00 bits per heavy atom. The second kappa shape index (κ2) is 6.64. The molecule has 0 spiro atoms. The maximum Gasteiger partial charge on any atom is 0.136 e. The molecule has 3 nitrogen and oxygen atoms in total. The lowest BCUT2D eigenvalue weighted by molar-refractivity contribution is 0.470. The molecule has 1 rings (SSSR count). The van der Waals surface area contributed by atoms with Crippen molar-refractivity contribution in [3.63, 3.8) is 0 Å². The van der Waals surface area contributed by atoms with Crippen LogP contribution in [0.15, 0.2) is 18.2 Å². The lowest BCUT2D eigenvalue weighted by Gasteiger charge is -2.26. The van der Waals surface area contributed by atoms with Crippen molar-refractivity contribution in [2.75, 3.05) is 0 Å². The standard InChI is InChI=1S/C15H25NO2S/c1-11-10-13(8-9-14(11)17)7-6-12(2)16-19(18)15(3,4)5/h8-10,12,16-17H,6-7H2,1-5H3/t12-,19?/m1/s1. The molecular formula is C15H25NO2S. The van der Waals surface area contributed by atoms with Gasteiger partial charge in [-0.3, -0.25) is 0 Å². The maximum atomic E-state index is 12.0. The van der Waals surface area contributed by atoms with Crippen LogP contribution in [-0.4, -0.2) is 20.4 Å². The average molecular weight is 283 g/mol. The Bertz CT molecular complexity index is 415. The number of rotatable bonds is 5. The van der Waals surface area contributed by atoms with Gasteiger partial charge in [0.2, 0.25) is 0 Å². The molecule has 19 heavy (non-hydrogen) atoms. The third-order valence-corrected chi connectivity index (χ3v) is 4.72. The molecule has 0 aliphatic heterocycles. The SMILES string of the molecule is Cc1cc(CC[C@@H](C)N[S+]([O-])C(C)(C)C)ccc1O. The number of aromatic hydroxyl groups is 1. The van der Waals surface area contributed by atoms with Crippen LogP contribution >= 0.6 is 0 Å². The van der Waals surface area contributed by atoms with E-state index in [1.807, 2.05) is 39.8 Å². The van der Waals surface area contributed by atoms with Crippen LogP contribution in [0.3, 0.4) is 0 Å². The van der Waals surface area contributed by atoms with Crippen LogP contribution in [0.2, 0.25) is 0 Å². The maximum absolute atomic E-state index is 12.0. The molecule has 0 saturated heterocycles. The monoisotopic (exact) mass is 283 g/mol. The number of phenols is 1. The Balaban J connectivity index is 2.46. The topological polar surface area (TPSA) is 55.3 Å². The molecule has 108 valence electrons. The number of hydrogen-bond acceptors (Lipinski definition) is 3. The van der Waals surface area contributed by atoms with Crippen molar-refractivity contribution in [1.82, 2.24) is 4.72 Å². The molecule has 1 aromatic rings. The van der Waals surface area contributed by atoms with Gasteiger partial charge >= 0.3 is 0 Å². The molecule has 0 aromatic heterocycles. The molecule has 2 N–H and O–H groups in total. The predicted octanol–water partition coefficient (Wildman–Crippen LogP) is 3.07. The zero-order valence-electron chi connectivity index (χ0n) is 12.5. The molecule has 0 fully saturated rings. The number of aryl methyl sites for hydroxylation is 2. The minimum Gasteiger partial charge on any atom is -0.598 e. The highest BCUT2D eigenvalue weighted by molar-refractivity contribution is 7.90. The van der Waals surface area contributed by atoms with Crippen molar-refractivity contribution in [2.24, 2.45) is 0 Å². The number of benzene rings is 1. The van der Waals surface area contributed by atoms with Crippen molar-refractivity contribution in [3.8, 4) is 5.75 Å². The summed E-state index contributed by atoms with van der Waals surface area (Å²) in [5.74, 6) is 0.337. The van der Waals surface area contributed by atoms with Gasteiger partial charge in [0.1, 0.15) is 10.5 Å². The van der Waals surface area contributed by atoms with E-state index in [0.717, 1.165) is 18.4 Å². The van der Waals surface area contributed by atoms with Crippen LogP contribution in [0, 0.1) is 6.92 Å². The molecule has 0 saturated carbocycles. The highest BCUT2D eigenvalue weighted by Gasteiger charge is 2.27. The molecular weight excluding hydrogens is 258 g/mol. The van der Waals surface area contributed by atoms with Crippen LogP contribution in [0.25, 0.3) is 0 Å². The Labute approximate surface area is 119 Å². The number of nitrogens with one attached hydrogen (secondary N) is 1. The van der Waals surface area contributed by atoms with E-state index in [9.17, 15) is 9.66 Å². The van der Waals surface area contributed by atoms with E-state index >= 15 is 0 Å². The summed E-state index contributed by atoms with van der Waals surface area (Å²) >= 11 is -1.02. The first kappa shape index (κ1) is 16.3. The van der Waals surface area contributed by atoms with E-state index in [1.54, 1.807) is 6.07 Å². The fourth-order valence-corrected chi connectivity index (χ4v) is 2.51. The normalized spacial score (nSPS) is 15.3. The molecule has 0 aliphatic rings. The van der Waals surface area contributed by atoms with Crippen LogP contribution in [0.1, 0.15) is 45.2 Å². The molecule has 4 heteroatoms. The lowest BCUT2D eigenvalue weighted by Crippen LogP contribution is -2.43. The smallest absolute Gasteiger partial charge is 0.136 e. The van der Waals surface area contributed by atoms with Gasteiger partial charge in [-0.2, -0.15) is 0 Å². The van der Waals surface area contributed by atoms with Gasteiger partial charge in [-0.1, -0.05) is 12.1 Å². The Hall–Kier alpha value is -0.710. The largest absolute Gasteiger partial charge is 0.598 e. The van der Waals surface area contributed by atoms with Gasteiger partial charge in [-0.05, 0) is 64.7 Å². The van der Waals surface area contributed by atoms with Gasteiger partial charge in [0, 0.05) is 11.4 Å². The van der Waals surface area contributed by atoms with Crippen LogP contribution in [-0.2, 0) is 17.8 Å². The van der Waals surface area contributed by atoms with E-state index in [2.05, 4.69) is 11.6 Å². The fraction of sp³-hybridized carbons (Fsp3) is 0.600. The summed E-state index contributed by atoms with van der Waals surface area (Å²) in [6.45, 7) is 9.84. The van der Waals surface area contributed by atoms with Gasteiger partial charge in [-0.15, -0.1) is 4.72 Å². The molecule has 1 unspecified atom stereocenters. The Kier molecular flexibility index (Phi) is 5.71. The van der Waals surface area contributed by atoms with E-state index in [4.69, 9.17) is 0 Å². The van der Waals surface area contributed by atoms with Crippen molar-refractivity contribution in [3.05, 3.63) is 29.3 Å². The highest BCUT2D eigenvalue weighted by Crippen LogP contribution is 2.19. The average Bonchev–Trinajstić information content (AvgIpc) is 2.29. The Morgan fingerprint density at radius 1 is 1.37 bits per heavy atom. The first-order valence-electron chi connectivity index (χ1n) is 6.66. The molecule has 0 heterocycles. The van der Waals surface area contributed by atoms with Gasteiger partial charge in [0.15, 0.2) is 0 Å². The summed E-state index contributed by atoms with van der Waals surface area (Å²) in [5.41, 5.74) is 2.10. The molecule has 0 bridgehead atoms. The molecule has 2 atom stereocenters. The first-order chi connectivity index (χ1) is 8.70. The fourth-order valence-electron chi connectivity index (χ4n) is 1.67. The number of hydrogen-bond donors (Lipinski definition) is 2. The summed E-state index contributed by atoms with van der Waals surface area (Å²) in [6.07, 6.45) is 1.84. The second-order valence-electron chi connectivity index (χ2n) is 6.06. The summed E-state index contributed by atoms with van der Waals surface area (Å²) < 4.78 is 14.9. The van der Waals surface area contributed by atoms with Crippen molar-refractivity contribution in [1.29, 1.82) is 0 Å². The van der Waals surface area contributed by atoms with E-state index in [-0.39, 0.29) is 10.8 Å². The van der Waals surface area contributed by atoms with Crippen molar-refractivity contribution in [2.45, 2.75) is 58.2 Å². The predicted molar refractivity (Wildman–Crippen MR) is 81.7 cm³/mol. The molecule has 0 aliphatic carbocycles. The third-order valence-electron chi connectivity index (χ3n) is 2.99. The van der Waals surface area contributed by atoms with Gasteiger partial charge in [0.05, 0.1) is 6.04 Å².